The summed E-state index contributed by atoms with van der Waals surface area (Å²) in [6.07, 6.45) is 7.86. The van der Waals surface area contributed by atoms with E-state index < -0.39 is 0 Å². The summed E-state index contributed by atoms with van der Waals surface area (Å²) in [6, 6.07) is -0.304. The van der Waals surface area contributed by atoms with Crippen molar-refractivity contribution in [3.05, 3.63) is 12.7 Å². The number of hydrogen-bond acceptors (Lipinski definition) is 2. The predicted molar refractivity (Wildman–Crippen MR) is 60.9 cm³/mol. The van der Waals surface area contributed by atoms with Crippen LogP contribution in [-0.4, -0.2) is 28.9 Å². The molecule has 1 aliphatic heterocycles. The van der Waals surface area contributed by atoms with Crippen molar-refractivity contribution in [3.8, 4) is 0 Å². The fourth-order valence-electron chi connectivity index (χ4n) is 2.68. The van der Waals surface area contributed by atoms with E-state index in [9.17, 15) is 9.59 Å². The molecule has 1 N–H and O–H groups in total. The zero-order valence-electron chi connectivity index (χ0n) is 9.45. The Kier molecular flexibility index (Phi) is 3.27. The highest BCUT2D eigenvalue weighted by Crippen LogP contribution is 2.27. The minimum atomic E-state index is -0.326. The average Bonchev–Trinajstić information content (AvgIpc) is 2.56. The van der Waals surface area contributed by atoms with Crippen molar-refractivity contribution in [2.45, 2.75) is 50.6 Å². The number of urea groups is 1. The molecule has 0 radical (unpaired) electrons. The molecule has 3 amide bonds. The normalized spacial score (nSPS) is 27.0. The molecule has 2 rings (SSSR count). The summed E-state index contributed by atoms with van der Waals surface area (Å²) in [7, 11) is 0. The highest BCUT2D eigenvalue weighted by molar-refractivity contribution is 6.04. The summed E-state index contributed by atoms with van der Waals surface area (Å²) in [5.41, 5.74) is 0. The maximum atomic E-state index is 11.7. The lowest BCUT2D eigenvalue weighted by Crippen LogP contribution is -2.44. The molecule has 16 heavy (non-hydrogen) atoms. The first-order chi connectivity index (χ1) is 7.74. The van der Waals surface area contributed by atoms with Gasteiger partial charge in [0, 0.05) is 6.04 Å². The van der Waals surface area contributed by atoms with Gasteiger partial charge in [0.2, 0.25) is 0 Å². The first-order valence-corrected chi connectivity index (χ1v) is 5.98. The first kappa shape index (κ1) is 11.2. The number of nitrogens with one attached hydrogen (secondary N) is 1. The molecule has 1 saturated carbocycles. The van der Waals surface area contributed by atoms with Gasteiger partial charge in [-0.25, -0.2) is 4.79 Å². The molecule has 2 fully saturated rings. The van der Waals surface area contributed by atoms with Gasteiger partial charge in [-0.2, -0.15) is 0 Å². The van der Waals surface area contributed by atoms with Gasteiger partial charge in [0.1, 0.15) is 6.04 Å². The summed E-state index contributed by atoms with van der Waals surface area (Å²) in [5.74, 6) is -0.171. The van der Waals surface area contributed by atoms with Crippen LogP contribution in [0.25, 0.3) is 0 Å². The Balaban J connectivity index is 2.12. The highest BCUT2D eigenvalue weighted by Gasteiger charge is 2.41. The number of carbonyl (C=O) groups excluding carboxylic acids is 2. The quantitative estimate of drug-likeness (QED) is 0.585. The molecule has 0 aromatic heterocycles. The summed E-state index contributed by atoms with van der Waals surface area (Å²) in [6.45, 7) is 3.65. The minimum Gasteiger partial charge on any atom is -0.309 e. The first-order valence-electron chi connectivity index (χ1n) is 5.98. The average molecular weight is 222 g/mol. The lowest BCUT2D eigenvalue weighted by molar-refractivity contribution is -0.121. The van der Waals surface area contributed by atoms with E-state index >= 15 is 0 Å². The monoisotopic (exact) mass is 222 g/mol. The molecule has 4 heteroatoms. The van der Waals surface area contributed by atoms with Crippen LogP contribution in [0, 0.1) is 0 Å². The SMILES string of the molecule is C=CCC1C(=O)NC(=O)N1C1CCCCC1. The van der Waals surface area contributed by atoms with Crippen LogP contribution in [0.3, 0.4) is 0 Å². The summed E-state index contributed by atoms with van der Waals surface area (Å²) in [4.78, 5) is 25.1. The van der Waals surface area contributed by atoms with Gasteiger partial charge in [-0.05, 0) is 19.3 Å². The second kappa shape index (κ2) is 4.68. The molecule has 4 nitrogen and oxygen atoms in total. The van der Waals surface area contributed by atoms with Gasteiger partial charge in [-0.3, -0.25) is 10.1 Å². The van der Waals surface area contributed by atoms with Gasteiger partial charge < -0.3 is 4.90 Å². The second-order valence-corrected chi connectivity index (χ2v) is 4.53. The maximum absolute atomic E-state index is 11.7. The van der Waals surface area contributed by atoms with Crippen LogP contribution in [0.4, 0.5) is 4.79 Å². The largest absolute Gasteiger partial charge is 0.325 e. The molecule has 0 bridgehead atoms. The van der Waals surface area contributed by atoms with E-state index in [-0.39, 0.29) is 24.0 Å². The fraction of sp³-hybridized carbons (Fsp3) is 0.667. The zero-order valence-corrected chi connectivity index (χ0v) is 9.45. The van der Waals surface area contributed by atoms with Crippen molar-refractivity contribution in [2.75, 3.05) is 0 Å². The Morgan fingerprint density at radius 2 is 2.00 bits per heavy atom. The molecular formula is C12H18N2O2. The Morgan fingerprint density at radius 3 is 2.62 bits per heavy atom. The third kappa shape index (κ3) is 1.96. The molecule has 1 aliphatic carbocycles. The van der Waals surface area contributed by atoms with Crippen molar-refractivity contribution in [1.29, 1.82) is 0 Å². The summed E-state index contributed by atoms with van der Waals surface area (Å²) in [5, 5.41) is 2.40. The van der Waals surface area contributed by atoms with Gasteiger partial charge >= 0.3 is 6.03 Å². The van der Waals surface area contributed by atoms with E-state index in [1.807, 2.05) is 0 Å². The number of rotatable bonds is 3. The molecule has 0 aromatic carbocycles. The molecule has 2 aliphatic rings. The third-order valence-electron chi connectivity index (χ3n) is 3.46. The number of carbonyl (C=O) groups is 2. The van der Waals surface area contributed by atoms with Crippen molar-refractivity contribution in [2.24, 2.45) is 0 Å². The molecule has 1 heterocycles. The molecule has 0 spiro atoms. The van der Waals surface area contributed by atoms with E-state index in [1.54, 1.807) is 11.0 Å². The third-order valence-corrected chi connectivity index (χ3v) is 3.46. The van der Waals surface area contributed by atoms with Crippen molar-refractivity contribution >= 4 is 11.9 Å². The highest BCUT2D eigenvalue weighted by atomic mass is 16.2. The molecule has 0 aromatic rings. The lowest BCUT2D eigenvalue weighted by Gasteiger charge is -2.33. The molecule has 88 valence electrons. The standard InChI is InChI=1S/C12H18N2O2/c1-2-6-10-11(15)13-12(16)14(10)9-7-4-3-5-8-9/h2,9-10H,1,3-8H2,(H,13,15,16). The smallest absolute Gasteiger partial charge is 0.309 e. The zero-order chi connectivity index (χ0) is 11.5. The van der Waals surface area contributed by atoms with Crippen molar-refractivity contribution in [1.82, 2.24) is 10.2 Å². The Morgan fingerprint density at radius 1 is 1.31 bits per heavy atom. The Hall–Kier alpha value is -1.32. The molecule has 1 atom stereocenters. The Bertz CT molecular complexity index is 308. The van der Waals surface area contributed by atoms with E-state index in [4.69, 9.17) is 0 Å². The van der Waals surface area contributed by atoms with Crippen LogP contribution in [0.2, 0.25) is 0 Å². The van der Waals surface area contributed by atoms with Crippen LogP contribution < -0.4 is 5.32 Å². The number of imide groups is 1. The summed E-state index contributed by atoms with van der Waals surface area (Å²) >= 11 is 0. The van der Waals surface area contributed by atoms with Crippen LogP contribution >= 0.6 is 0 Å². The van der Waals surface area contributed by atoms with E-state index in [1.165, 1.54) is 6.42 Å². The lowest BCUT2D eigenvalue weighted by atomic mass is 9.93. The van der Waals surface area contributed by atoms with Crippen molar-refractivity contribution in [3.63, 3.8) is 0 Å². The molecule has 1 unspecified atom stereocenters. The topological polar surface area (TPSA) is 49.4 Å². The number of hydrogen-bond donors (Lipinski definition) is 1. The second-order valence-electron chi connectivity index (χ2n) is 4.53. The summed E-state index contributed by atoms with van der Waals surface area (Å²) < 4.78 is 0. The molecular weight excluding hydrogens is 204 g/mol. The van der Waals surface area contributed by atoms with Crippen molar-refractivity contribution < 1.29 is 9.59 Å². The van der Waals surface area contributed by atoms with Crippen LogP contribution in [0.5, 0.6) is 0 Å². The van der Waals surface area contributed by atoms with E-state index in [0.29, 0.717) is 6.42 Å². The van der Waals surface area contributed by atoms with Gasteiger partial charge in [0.15, 0.2) is 0 Å². The van der Waals surface area contributed by atoms with Crippen LogP contribution in [0.15, 0.2) is 12.7 Å². The van der Waals surface area contributed by atoms with Gasteiger partial charge in [0.05, 0.1) is 0 Å². The predicted octanol–water partition coefficient (Wildman–Crippen LogP) is 1.82. The van der Waals surface area contributed by atoms with E-state index in [2.05, 4.69) is 11.9 Å². The Labute approximate surface area is 95.7 Å². The van der Waals surface area contributed by atoms with Crippen LogP contribution in [-0.2, 0) is 4.79 Å². The maximum Gasteiger partial charge on any atom is 0.325 e. The fourth-order valence-corrected chi connectivity index (χ4v) is 2.68. The minimum absolute atomic E-state index is 0.171. The van der Waals surface area contributed by atoms with Gasteiger partial charge in [0.25, 0.3) is 5.91 Å². The number of amides is 3. The van der Waals surface area contributed by atoms with Gasteiger partial charge in [-0.15, -0.1) is 6.58 Å². The number of nitrogens with zero attached hydrogens (tertiary/aromatic N) is 1. The van der Waals surface area contributed by atoms with Gasteiger partial charge in [-0.1, -0.05) is 25.3 Å². The van der Waals surface area contributed by atoms with Crippen LogP contribution in [0.1, 0.15) is 38.5 Å². The van der Waals surface area contributed by atoms with E-state index in [0.717, 1.165) is 25.7 Å². The molecule has 1 saturated heterocycles.